The van der Waals surface area contributed by atoms with E-state index < -0.39 is 4.92 Å². The van der Waals surface area contributed by atoms with Crippen molar-refractivity contribution in [2.75, 3.05) is 0 Å². The van der Waals surface area contributed by atoms with E-state index in [4.69, 9.17) is 0 Å². The Morgan fingerprint density at radius 3 is 2.75 bits per heavy atom. The first kappa shape index (κ1) is 8.92. The van der Waals surface area contributed by atoms with Gasteiger partial charge in [0.2, 0.25) is 5.69 Å². The second-order valence-corrected chi connectivity index (χ2v) is 2.98. The van der Waals surface area contributed by atoms with Crippen LogP contribution in [0.3, 0.4) is 0 Å². The number of aromatic nitrogens is 1. The molecule has 0 radical (unpaired) electrons. The van der Waals surface area contributed by atoms with Crippen molar-refractivity contribution in [2.45, 2.75) is 6.92 Å². The zero-order valence-electron chi connectivity index (χ0n) is 6.15. The van der Waals surface area contributed by atoms with Crippen molar-refractivity contribution >= 4 is 21.6 Å². The van der Waals surface area contributed by atoms with Crippen molar-refractivity contribution < 1.29 is 9.65 Å². The highest BCUT2D eigenvalue weighted by atomic mass is 79.9. The van der Waals surface area contributed by atoms with E-state index in [9.17, 15) is 15.3 Å². The van der Waals surface area contributed by atoms with E-state index in [0.29, 0.717) is 4.73 Å². The molecule has 0 aromatic carbocycles. The maximum absolute atomic E-state index is 10.9. The summed E-state index contributed by atoms with van der Waals surface area (Å²) < 4.78 is 0.793. The van der Waals surface area contributed by atoms with Crippen LogP contribution in [0.15, 0.2) is 16.7 Å². The monoisotopic (exact) mass is 232 g/mol. The highest BCUT2D eigenvalue weighted by Gasteiger charge is 2.18. The summed E-state index contributed by atoms with van der Waals surface area (Å²) in [5.74, 6) is 0. The lowest BCUT2D eigenvalue weighted by Crippen LogP contribution is -2.29. The van der Waals surface area contributed by atoms with Gasteiger partial charge in [-0.05, 0) is 15.9 Å². The molecule has 0 atom stereocenters. The Bertz CT molecular complexity index is 340. The van der Waals surface area contributed by atoms with Gasteiger partial charge in [-0.25, -0.2) is 0 Å². The van der Waals surface area contributed by atoms with Crippen molar-refractivity contribution in [1.29, 1.82) is 0 Å². The van der Waals surface area contributed by atoms with Crippen LogP contribution in [-0.2, 0) is 0 Å². The number of hydrogen-bond donors (Lipinski definition) is 0. The molecule has 0 amide bonds. The maximum Gasteiger partial charge on any atom is 0.295 e. The summed E-state index contributed by atoms with van der Waals surface area (Å²) in [6, 6.07) is 1.16. The predicted molar refractivity (Wildman–Crippen MR) is 44.5 cm³/mol. The van der Waals surface area contributed by atoms with Crippen molar-refractivity contribution in [1.82, 2.24) is 0 Å². The SMILES string of the molecule is Cc1c(Br)c([N+](=O)[O-])cc[n+]1[O-]. The molecular weight excluding hydrogens is 228 g/mol. The van der Waals surface area contributed by atoms with Crippen molar-refractivity contribution in [3.05, 3.63) is 37.8 Å². The first-order valence-electron chi connectivity index (χ1n) is 3.06. The number of nitro groups is 1. The topological polar surface area (TPSA) is 70.1 Å². The molecule has 6 heteroatoms. The molecule has 0 aliphatic heterocycles. The van der Waals surface area contributed by atoms with E-state index in [0.717, 1.165) is 12.3 Å². The molecule has 0 unspecified atom stereocenters. The summed E-state index contributed by atoms with van der Waals surface area (Å²) in [5, 5.41) is 21.2. The highest BCUT2D eigenvalue weighted by Crippen LogP contribution is 2.24. The van der Waals surface area contributed by atoms with Gasteiger partial charge in [-0.2, -0.15) is 4.73 Å². The smallest absolute Gasteiger partial charge is 0.295 e. The fraction of sp³-hybridized carbons (Fsp3) is 0.167. The van der Waals surface area contributed by atoms with Crippen molar-refractivity contribution in [2.24, 2.45) is 0 Å². The molecule has 1 heterocycles. The minimum atomic E-state index is -0.545. The third-order valence-electron chi connectivity index (χ3n) is 1.44. The van der Waals surface area contributed by atoms with Gasteiger partial charge in [-0.3, -0.25) is 10.1 Å². The van der Waals surface area contributed by atoms with Crippen molar-refractivity contribution in [3.63, 3.8) is 0 Å². The zero-order valence-corrected chi connectivity index (χ0v) is 7.74. The van der Waals surface area contributed by atoms with Crippen molar-refractivity contribution in [3.8, 4) is 0 Å². The van der Waals surface area contributed by atoms with Crippen LogP contribution in [0.2, 0.25) is 0 Å². The molecule has 1 aromatic heterocycles. The summed E-state index contributed by atoms with van der Waals surface area (Å²) in [6.45, 7) is 1.50. The first-order chi connectivity index (χ1) is 5.54. The Balaban J connectivity index is 3.36. The van der Waals surface area contributed by atoms with E-state index in [1.54, 1.807) is 0 Å². The Labute approximate surface area is 76.5 Å². The van der Waals surface area contributed by atoms with Crippen LogP contribution in [-0.4, -0.2) is 4.92 Å². The van der Waals surface area contributed by atoms with Gasteiger partial charge >= 0.3 is 0 Å². The summed E-state index contributed by atoms with van der Waals surface area (Å²) >= 11 is 2.97. The van der Waals surface area contributed by atoms with E-state index in [-0.39, 0.29) is 15.9 Å². The van der Waals surface area contributed by atoms with E-state index in [2.05, 4.69) is 15.9 Å². The van der Waals surface area contributed by atoms with Gasteiger partial charge in [0.15, 0.2) is 10.7 Å². The average Bonchev–Trinajstić information content (AvgIpc) is 2.00. The molecule has 1 rings (SSSR count). The van der Waals surface area contributed by atoms with Crippen LogP contribution in [0.1, 0.15) is 5.69 Å². The third-order valence-corrected chi connectivity index (χ3v) is 2.42. The number of halogens is 1. The fourth-order valence-corrected chi connectivity index (χ4v) is 1.20. The minimum Gasteiger partial charge on any atom is -0.618 e. The molecular formula is C6H5BrN2O3. The Kier molecular flexibility index (Phi) is 2.27. The molecule has 0 N–H and O–H groups in total. The molecule has 0 aliphatic rings. The molecule has 12 heavy (non-hydrogen) atoms. The van der Waals surface area contributed by atoms with E-state index >= 15 is 0 Å². The van der Waals surface area contributed by atoms with Crippen LogP contribution < -0.4 is 4.73 Å². The second kappa shape index (κ2) is 3.06. The first-order valence-corrected chi connectivity index (χ1v) is 3.86. The molecule has 5 nitrogen and oxygen atoms in total. The number of nitrogens with zero attached hydrogens (tertiary/aromatic N) is 2. The van der Waals surface area contributed by atoms with Crippen LogP contribution in [0.4, 0.5) is 5.69 Å². The van der Waals surface area contributed by atoms with Gasteiger partial charge in [-0.1, -0.05) is 0 Å². The van der Waals surface area contributed by atoms with Crippen LogP contribution in [0.25, 0.3) is 0 Å². The molecule has 64 valence electrons. The Morgan fingerprint density at radius 1 is 1.67 bits per heavy atom. The Hall–Kier alpha value is -1.17. The third kappa shape index (κ3) is 1.38. The molecule has 0 saturated heterocycles. The average molecular weight is 233 g/mol. The van der Waals surface area contributed by atoms with Gasteiger partial charge in [0.25, 0.3) is 5.69 Å². The summed E-state index contributed by atoms with van der Waals surface area (Å²) in [6.07, 6.45) is 1.11. The Morgan fingerprint density at radius 2 is 2.25 bits per heavy atom. The van der Waals surface area contributed by atoms with Crippen LogP contribution in [0, 0.1) is 22.2 Å². The van der Waals surface area contributed by atoms with Gasteiger partial charge in [0.05, 0.1) is 11.0 Å². The molecule has 0 spiro atoms. The largest absolute Gasteiger partial charge is 0.618 e. The molecule has 0 saturated carbocycles. The molecule has 0 aliphatic carbocycles. The van der Waals surface area contributed by atoms with Gasteiger partial charge in [0, 0.05) is 6.92 Å². The molecule has 0 fully saturated rings. The van der Waals surface area contributed by atoms with E-state index in [1.807, 2.05) is 0 Å². The lowest BCUT2D eigenvalue weighted by molar-refractivity contribution is -0.613. The summed E-state index contributed by atoms with van der Waals surface area (Å²) in [5.41, 5.74) is 0.184. The van der Waals surface area contributed by atoms with Gasteiger partial charge in [0.1, 0.15) is 0 Å². The number of rotatable bonds is 1. The quantitative estimate of drug-likeness (QED) is 0.317. The molecule has 0 bridgehead atoms. The fourth-order valence-electron chi connectivity index (χ4n) is 0.746. The maximum atomic E-state index is 10.9. The lowest BCUT2D eigenvalue weighted by Gasteiger charge is -2.01. The van der Waals surface area contributed by atoms with Gasteiger partial charge in [-0.15, -0.1) is 0 Å². The van der Waals surface area contributed by atoms with Gasteiger partial charge < -0.3 is 5.21 Å². The summed E-state index contributed by atoms with van der Waals surface area (Å²) in [7, 11) is 0. The number of pyridine rings is 1. The highest BCUT2D eigenvalue weighted by molar-refractivity contribution is 9.10. The van der Waals surface area contributed by atoms with Crippen LogP contribution in [0.5, 0.6) is 0 Å². The van der Waals surface area contributed by atoms with E-state index in [1.165, 1.54) is 6.92 Å². The second-order valence-electron chi connectivity index (χ2n) is 2.18. The predicted octanol–water partition coefficient (Wildman–Crippen LogP) is 1.30. The number of hydrogen-bond acceptors (Lipinski definition) is 3. The normalized spacial score (nSPS) is 9.83. The zero-order chi connectivity index (χ0) is 9.30. The lowest BCUT2D eigenvalue weighted by atomic mass is 10.3. The minimum absolute atomic E-state index is 0.0976. The summed E-state index contributed by atoms with van der Waals surface area (Å²) in [4.78, 5) is 9.80. The molecule has 1 aromatic rings. The standard InChI is InChI=1S/C6H5BrN2O3/c1-4-6(7)5(9(11)12)2-3-8(4)10/h2-3H,1H3. The van der Waals surface area contributed by atoms with Crippen LogP contribution >= 0.6 is 15.9 Å².